The lowest BCUT2D eigenvalue weighted by Gasteiger charge is -2.53. The lowest BCUT2D eigenvalue weighted by molar-refractivity contribution is -0.175. The minimum atomic E-state index is -1.40. The van der Waals surface area contributed by atoms with E-state index in [1.807, 2.05) is 6.92 Å². The number of carbonyl (C=O) groups excluding carboxylic acids is 2. The van der Waals surface area contributed by atoms with Gasteiger partial charge in [-0.25, -0.2) is 0 Å². The van der Waals surface area contributed by atoms with Crippen LogP contribution in [0.2, 0.25) is 0 Å². The first-order valence-corrected chi connectivity index (χ1v) is 11.2. The van der Waals surface area contributed by atoms with Gasteiger partial charge >= 0.3 is 17.9 Å². The number of aliphatic hydroxyl groups is 1. The van der Waals surface area contributed by atoms with Gasteiger partial charge in [0.2, 0.25) is 0 Å². The standard InChI is InChI=1S/C24H38O7/c1-15-9-10-19-18(8-7-11-23(19,5)21(27)28)22(15,4)12-13-24(6,29)20(31-17(3)26)14-30-16(2)25/h8,15,19-20,29H,7,9-14H2,1-6H3,(H,27,28)/t15-,19+,20+,22+,23+,24-/m1/s1. The summed E-state index contributed by atoms with van der Waals surface area (Å²) in [5, 5.41) is 21.1. The summed E-state index contributed by atoms with van der Waals surface area (Å²) in [5.74, 6) is -1.51. The molecule has 2 rings (SSSR count). The van der Waals surface area contributed by atoms with Gasteiger partial charge < -0.3 is 19.7 Å². The maximum absolute atomic E-state index is 12.1. The van der Waals surface area contributed by atoms with E-state index in [9.17, 15) is 24.6 Å². The number of allylic oxidation sites excluding steroid dienone is 2. The van der Waals surface area contributed by atoms with Crippen molar-refractivity contribution in [2.75, 3.05) is 6.61 Å². The molecule has 0 unspecified atom stereocenters. The van der Waals surface area contributed by atoms with Crippen LogP contribution < -0.4 is 0 Å². The Balaban J connectivity index is 2.25. The molecule has 2 aliphatic rings. The largest absolute Gasteiger partial charge is 0.481 e. The van der Waals surface area contributed by atoms with Crippen LogP contribution in [0.15, 0.2) is 11.6 Å². The number of hydrogen-bond acceptors (Lipinski definition) is 6. The van der Waals surface area contributed by atoms with E-state index in [-0.39, 0.29) is 17.9 Å². The molecule has 2 N–H and O–H groups in total. The second-order valence-electron chi connectivity index (χ2n) is 10.1. The van der Waals surface area contributed by atoms with Crippen molar-refractivity contribution in [3.8, 4) is 0 Å². The van der Waals surface area contributed by atoms with Crippen LogP contribution in [0.4, 0.5) is 0 Å². The van der Waals surface area contributed by atoms with Crippen LogP contribution in [-0.4, -0.2) is 46.4 Å². The number of hydrogen-bond donors (Lipinski definition) is 2. The molecule has 1 fully saturated rings. The molecule has 0 aliphatic heterocycles. The Morgan fingerprint density at radius 2 is 1.87 bits per heavy atom. The van der Waals surface area contributed by atoms with Crippen molar-refractivity contribution in [1.29, 1.82) is 0 Å². The highest BCUT2D eigenvalue weighted by Gasteiger charge is 2.53. The van der Waals surface area contributed by atoms with Crippen molar-refractivity contribution in [3.05, 3.63) is 11.6 Å². The number of aliphatic carboxylic acids is 1. The Labute approximate surface area is 185 Å². The average Bonchev–Trinajstić information content (AvgIpc) is 2.66. The monoisotopic (exact) mass is 438 g/mol. The number of carbonyl (C=O) groups is 3. The van der Waals surface area contributed by atoms with Gasteiger partial charge in [-0.3, -0.25) is 14.4 Å². The number of ether oxygens (including phenoxy) is 2. The topological polar surface area (TPSA) is 110 Å². The predicted molar refractivity (Wildman–Crippen MR) is 115 cm³/mol. The van der Waals surface area contributed by atoms with Crippen molar-refractivity contribution in [1.82, 2.24) is 0 Å². The third kappa shape index (κ3) is 5.30. The quantitative estimate of drug-likeness (QED) is 0.437. The fraction of sp³-hybridized carbons (Fsp3) is 0.792. The molecular formula is C24H38O7. The molecule has 176 valence electrons. The first-order chi connectivity index (χ1) is 14.2. The third-order valence-electron chi connectivity index (χ3n) is 7.89. The Bertz CT molecular complexity index is 740. The van der Waals surface area contributed by atoms with Crippen LogP contribution in [0.5, 0.6) is 0 Å². The molecule has 1 saturated carbocycles. The predicted octanol–water partition coefficient (Wildman–Crippen LogP) is 3.88. The summed E-state index contributed by atoms with van der Waals surface area (Å²) in [6.45, 7) is 10.1. The van der Waals surface area contributed by atoms with Gasteiger partial charge in [-0.15, -0.1) is 0 Å². The van der Waals surface area contributed by atoms with E-state index in [2.05, 4.69) is 19.9 Å². The maximum Gasteiger partial charge on any atom is 0.309 e. The van der Waals surface area contributed by atoms with E-state index < -0.39 is 35.0 Å². The molecule has 0 aromatic carbocycles. The number of carboxylic acid groups (broad SMARTS) is 1. The van der Waals surface area contributed by atoms with Crippen molar-refractivity contribution in [2.24, 2.45) is 22.7 Å². The van der Waals surface area contributed by atoms with E-state index in [0.29, 0.717) is 25.2 Å². The summed E-state index contributed by atoms with van der Waals surface area (Å²) >= 11 is 0. The highest BCUT2D eigenvalue weighted by Crippen LogP contribution is 2.58. The zero-order valence-electron chi connectivity index (χ0n) is 19.7. The number of carboxylic acids is 1. The van der Waals surface area contributed by atoms with Crippen LogP contribution >= 0.6 is 0 Å². The molecule has 31 heavy (non-hydrogen) atoms. The fourth-order valence-electron chi connectivity index (χ4n) is 5.37. The SMILES string of the molecule is CC(=O)OC[C@H](OC(C)=O)[C@](C)(O)CC[C@]1(C)C2=CCC[C@](C)(C(=O)O)[C@H]2CC[C@H]1C. The minimum absolute atomic E-state index is 0.0183. The number of esters is 2. The van der Waals surface area contributed by atoms with Gasteiger partial charge in [0.15, 0.2) is 6.10 Å². The Kier molecular flexibility index (Phi) is 7.62. The minimum Gasteiger partial charge on any atom is -0.481 e. The molecule has 2 aliphatic carbocycles. The zero-order valence-corrected chi connectivity index (χ0v) is 19.7. The molecule has 0 heterocycles. The van der Waals surface area contributed by atoms with E-state index in [1.165, 1.54) is 19.4 Å². The van der Waals surface area contributed by atoms with E-state index in [0.717, 1.165) is 19.3 Å². The van der Waals surface area contributed by atoms with Gasteiger partial charge in [-0.05, 0) is 69.6 Å². The second-order valence-corrected chi connectivity index (χ2v) is 10.1. The lowest BCUT2D eigenvalue weighted by Crippen LogP contribution is -2.49. The second kappa shape index (κ2) is 9.31. The van der Waals surface area contributed by atoms with Gasteiger partial charge in [-0.2, -0.15) is 0 Å². The Hall–Kier alpha value is -1.89. The molecule has 0 amide bonds. The third-order valence-corrected chi connectivity index (χ3v) is 7.89. The molecule has 0 saturated heterocycles. The maximum atomic E-state index is 12.1. The van der Waals surface area contributed by atoms with Crippen LogP contribution in [0.25, 0.3) is 0 Å². The van der Waals surface area contributed by atoms with Crippen LogP contribution in [0.1, 0.15) is 80.1 Å². The van der Waals surface area contributed by atoms with Crippen LogP contribution in [0, 0.1) is 22.7 Å². The smallest absolute Gasteiger partial charge is 0.309 e. The fourth-order valence-corrected chi connectivity index (χ4v) is 5.37. The normalized spacial score (nSPS) is 33.3. The summed E-state index contributed by atoms with van der Waals surface area (Å²) in [4.78, 5) is 34.9. The number of rotatable bonds is 8. The van der Waals surface area contributed by atoms with Crippen molar-refractivity contribution >= 4 is 17.9 Å². The van der Waals surface area contributed by atoms with Gasteiger partial charge in [0.1, 0.15) is 12.2 Å². The summed E-state index contributed by atoms with van der Waals surface area (Å²) in [6.07, 6.45) is 5.30. The van der Waals surface area contributed by atoms with Crippen molar-refractivity contribution < 1.29 is 34.1 Å². The summed E-state index contributed by atoms with van der Waals surface area (Å²) in [6, 6.07) is 0. The molecule has 0 spiro atoms. The molecular weight excluding hydrogens is 400 g/mol. The average molecular weight is 439 g/mol. The molecule has 6 atom stereocenters. The van der Waals surface area contributed by atoms with Crippen LogP contribution in [-0.2, 0) is 23.9 Å². The molecule has 7 nitrogen and oxygen atoms in total. The molecule has 0 radical (unpaired) electrons. The summed E-state index contributed by atoms with van der Waals surface area (Å²) < 4.78 is 10.3. The van der Waals surface area contributed by atoms with Gasteiger partial charge in [-0.1, -0.05) is 25.5 Å². The molecule has 7 heteroatoms. The van der Waals surface area contributed by atoms with E-state index >= 15 is 0 Å². The Morgan fingerprint density at radius 3 is 2.42 bits per heavy atom. The van der Waals surface area contributed by atoms with E-state index in [1.54, 1.807) is 6.92 Å². The highest BCUT2D eigenvalue weighted by atomic mass is 16.6. The summed E-state index contributed by atoms with van der Waals surface area (Å²) in [7, 11) is 0. The highest BCUT2D eigenvalue weighted by molar-refractivity contribution is 5.75. The summed E-state index contributed by atoms with van der Waals surface area (Å²) in [5.41, 5.74) is -1.26. The molecule has 0 aromatic heterocycles. The van der Waals surface area contributed by atoms with Gasteiger partial charge in [0.25, 0.3) is 0 Å². The van der Waals surface area contributed by atoms with Crippen molar-refractivity contribution in [3.63, 3.8) is 0 Å². The van der Waals surface area contributed by atoms with Gasteiger partial charge in [0.05, 0.1) is 5.41 Å². The molecule has 0 aromatic rings. The lowest BCUT2D eigenvalue weighted by atomic mass is 9.51. The van der Waals surface area contributed by atoms with Crippen molar-refractivity contribution in [2.45, 2.75) is 91.8 Å². The van der Waals surface area contributed by atoms with Gasteiger partial charge in [0, 0.05) is 13.8 Å². The first-order valence-electron chi connectivity index (χ1n) is 11.2. The number of fused-ring (bicyclic) bond motifs is 1. The van der Waals surface area contributed by atoms with Crippen LogP contribution in [0.3, 0.4) is 0 Å². The first kappa shape index (κ1) is 25.4. The molecule has 0 bridgehead atoms. The Morgan fingerprint density at radius 1 is 1.23 bits per heavy atom. The zero-order chi connectivity index (χ0) is 23.6. The van der Waals surface area contributed by atoms with E-state index in [4.69, 9.17) is 9.47 Å².